The quantitative estimate of drug-likeness (QED) is 0.476. The topological polar surface area (TPSA) is 126 Å². The number of ether oxygens (including phenoxy) is 4. The van der Waals surface area contributed by atoms with Crippen LogP contribution in [0.3, 0.4) is 0 Å². The van der Waals surface area contributed by atoms with Gasteiger partial charge in [-0.1, -0.05) is 18.2 Å². The number of carbonyl (C=O) groups excluding carboxylic acids is 2. The van der Waals surface area contributed by atoms with E-state index in [0.29, 0.717) is 61.0 Å². The molecule has 230 valence electrons. The molecule has 3 heterocycles. The summed E-state index contributed by atoms with van der Waals surface area (Å²) in [4.78, 5) is 34.2. The lowest BCUT2D eigenvalue weighted by Crippen LogP contribution is -2.56. The SMILES string of the molecule is CCN1CC(=O)N[C@H]2CCN(c3ccnc(OC)c3C#N)C[C@@H]2OCc2cccc(c2)Oc2cc(ccc2OC)CCC1=O. The average molecular weight is 600 g/mol. The van der Waals surface area contributed by atoms with Crippen LogP contribution >= 0.6 is 0 Å². The predicted molar refractivity (Wildman–Crippen MR) is 163 cm³/mol. The van der Waals surface area contributed by atoms with E-state index in [1.807, 2.05) is 49.4 Å². The van der Waals surface area contributed by atoms with Gasteiger partial charge in [-0.25, -0.2) is 4.98 Å². The first-order valence-electron chi connectivity index (χ1n) is 14.7. The molecule has 0 spiro atoms. The number of nitriles is 1. The molecule has 1 saturated heterocycles. The first kappa shape index (κ1) is 30.6. The lowest BCUT2D eigenvalue weighted by Gasteiger charge is -2.40. The van der Waals surface area contributed by atoms with Crippen LogP contribution in [-0.4, -0.2) is 74.2 Å². The van der Waals surface area contributed by atoms with E-state index in [9.17, 15) is 14.9 Å². The maximum atomic E-state index is 13.3. The molecular formula is C33H37N5O6. The van der Waals surface area contributed by atoms with Crippen LogP contribution in [0.4, 0.5) is 5.69 Å². The summed E-state index contributed by atoms with van der Waals surface area (Å²) >= 11 is 0. The summed E-state index contributed by atoms with van der Waals surface area (Å²) in [6.07, 6.45) is 2.52. The van der Waals surface area contributed by atoms with Gasteiger partial charge in [-0.15, -0.1) is 0 Å². The van der Waals surface area contributed by atoms with Crippen molar-refractivity contribution in [2.75, 3.05) is 45.3 Å². The van der Waals surface area contributed by atoms with Crippen LogP contribution in [0.25, 0.3) is 0 Å². The van der Waals surface area contributed by atoms with Gasteiger partial charge in [-0.05, 0) is 61.2 Å². The van der Waals surface area contributed by atoms with Gasteiger partial charge in [0.2, 0.25) is 17.7 Å². The maximum absolute atomic E-state index is 13.3. The number of fused-ring (bicyclic) bond motifs is 5. The van der Waals surface area contributed by atoms with E-state index in [2.05, 4.69) is 21.3 Å². The van der Waals surface area contributed by atoms with Crippen molar-refractivity contribution in [2.24, 2.45) is 0 Å². The van der Waals surface area contributed by atoms with E-state index in [4.69, 9.17) is 18.9 Å². The van der Waals surface area contributed by atoms with Crippen molar-refractivity contribution < 1.29 is 28.5 Å². The Morgan fingerprint density at radius 2 is 1.95 bits per heavy atom. The Morgan fingerprint density at radius 1 is 1.09 bits per heavy atom. The predicted octanol–water partition coefficient (Wildman–Crippen LogP) is 3.84. The number of rotatable bonds is 4. The molecule has 11 heteroatoms. The summed E-state index contributed by atoms with van der Waals surface area (Å²) in [5, 5.41) is 13.0. The van der Waals surface area contributed by atoms with Gasteiger partial charge in [0.15, 0.2) is 11.5 Å². The number of benzene rings is 2. The highest BCUT2D eigenvalue weighted by molar-refractivity contribution is 5.85. The van der Waals surface area contributed by atoms with Crippen LogP contribution in [0.2, 0.25) is 0 Å². The number of hydrogen-bond acceptors (Lipinski definition) is 9. The third-order valence-electron chi connectivity index (χ3n) is 7.96. The molecule has 1 N–H and O–H groups in total. The van der Waals surface area contributed by atoms with Crippen LogP contribution < -0.4 is 24.4 Å². The van der Waals surface area contributed by atoms with Crippen LogP contribution in [0, 0.1) is 11.3 Å². The van der Waals surface area contributed by atoms with E-state index in [-0.39, 0.29) is 43.3 Å². The number of hydrogen-bond donors (Lipinski definition) is 1. The number of aryl methyl sites for hydroxylation is 1. The maximum Gasteiger partial charge on any atom is 0.239 e. The van der Waals surface area contributed by atoms with Crippen LogP contribution in [0.1, 0.15) is 36.5 Å². The normalized spacial score (nSPS) is 19.4. The zero-order chi connectivity index (χ0) is 31.1. The number of pyridine rings is 1. The molecule has 0 aliphatic carbocycles. The van der Waals surface area contributed by atoms with E-state index in [1.54, 1.807) is 24.3 Å². The zero-order valence-electron chi connectivity index (χ0n) is 25.2. The molecule has 4 bridgehead atoms. The second-order valence-electron chi connectivity index (χ2n) is 10.7. The molecule has 0 saturated carbocycles. The van der Waals surface area contributed by atoms with E-state index in [1.165, 1.54) is 7.11 Å². The van der Waals surface area contributed by atoms with Crippen molar-refractivity contribution in [1.29, 1.82) is 5.26 Å². The minimum Gasteiger partial charge on any atom is -0.493 e. The summed E-state index contributed by atoms with van der Waals surface area (Å²) in [5.74, 6) is 1.67. The zero-order valence-corrected chi connectivity index (χ0v) is 25.2. The summed E-state index contributed by atoms with van der Waals surface area (Å²) in [6.45, 7) is 3.50. The molecule has 11 nitrogen and oxygen atoms in total. The lowest BCUT2D eigenvalue weighted by molar-refractivity contribution is -0.136. The van der Waals surface area contributed by atoms with Gasteiger partial charge in [0.1, 0.15) is 17.4 Å². The number of amides is 2. The molecule has 2 aromatic carbocycles. The molecule has 2 atom stereocenters. The number of carbonyl (C=O) groups is 2. The van der Waals surface area contributed by atoms with Gasteiger partial charge in [0, 0.05) is 32.3 Å². The Bertz CT molecular complexity index is 1540. The second-order valence-corrected chi connectivity index (χ2v) is 10.7. The summed E-state index contributed by atoms with van der Waals surface area (Å²) in [5.41, 5.74) is 2.86. The number of likely N-dealkylation sites (N-methyl/N-ethyl adjacent to an activating group) is 1. The van der Waals surface area contributed by atoms with E-state index in [0.717, 1.165) is 11.1 Å². The Balaban J connectivity index is 1.45. The molecular weight excluding hydrogens is 562 g/mol. The van der Waals surface area contributed by atoms with Crippen molar-refractivity contribution in [3.05, 3.63) is 71.4 Å². The molecule has 2 aliphatic heterocycles. The molecule has 1 fully saturated rings. The fraction of sp³-hybridized carbons (Fsp3) is 0.394. The molecule has 0 unspecified atom stereocenters. The number of aromatic nitrogens is 1. The summed E-state index contributed by atoms with van der Waals surface area (Å²) in [7, 11) is 3.07. The second kappa shape index (κ2) is 14.1. The van der Waals surface area contributed by atoms with Crippen LogP contribution in [0.5, 0.6) is 23.1 Å². The van der Waals surface area contributed by atoms with Crippen LogP contribution in [0.15, 0.2) is 54.7 Å². The van der Waals surface area contributed by atoms with Gasteiger partial charge in [-0.2, -0.15) is 5.26 Å². The number of anilines is 1. The Hall–Kier alpha value is -4.82. The minimum absolute atomic E-state index is 0.0403. The number of nitrogens with one attached hydrogen (secondary N) is 1. The third kappa shape index (κ3) is 7.03. The standard InChI is InChI=1S/C33H37N5O6/c1-4-37-20-31(39)36-26-13-15-38(27-12-14-35-33(42-3)25(27)18-34)19-30(26)43-21-23-6-5-7-24(16-23)44-29-17-22(9-11-32(37)40)8-10-28(29)41-2/h5-8,10,12,14,16-17,26,30H,4,9,11,13,15,19-21H2,1-3H3,(H,36,39)/t26-,30-/m0/s1. The lowest BCUT2D eigenvalue weighted by atomic mass is 10.00. The highest BCUT2D eigenvalue weighted by Crippen LogP contribution is 2.34. The smallest absolute Gasteiger partial charge is 0.239 e. The summed E-state index contributed by atoms with van der Waals surface area (Å²) < 4.78 is 23.6. The monoisotopic (exact) mass is 599 g/mol. The first-order valence-corrected chi connectivity index (χ1v) is 14.7. The summed E-state index contributed by atoms with van der Waals surface area (Å²) in [6, 6.07) is 17.0. The van der Waals surface area contributed by atoms with Gasteiger partial charge < -0.3 is 34.1 Å². The van der Waals surface area contributed by atoms with Crippen molar-refractivity contribution >= 4 is 17.5 Å². The first-order chi connectivity index (χ1) is 21.4. The van der Waals surface area contributed by atoms with Crippen LogP contribution in [-0.2, 0) is 27.4 Å². The number of nitrogens with zero attached hydrogens (tertiary/aromatic N) is 4. The molecule has 2 aliphatic rings. The molecule has 1 aromatic heterocycles. The molecule has 2 amide bonds. The van der Waals surface area contributed by atoms with Gasteiger partial charge in [-0.3, -0.25) is 9.59 Å². The Kier molecular flexibility index (Phi) is 9.82. The van der Waals surface area contributed by atoms with Gasteiger partial charge in [0.05, 0.1) is 45.2 Å². The minimum atomic E-state index is -0.413. The van der Waals surface area contributed by atoms with E-state index >= 15 is 0 Å². The Labute approximate surface area is 257 Å². The van der Waals surface area contributed by atoms with Crippen molar-refractivity contribution in [3.63, 3.8) is 0 Å². The molecule has 3 aromatic rings. The highest BCUT2D eigenvalue weighted by atomic mass is 16.5. The largest absolute Gasteiger partial charge is 0.493 e. The van der Waals surface area contributed by atoms with E-state index < -0.39 is 6.10 Å². The molecule has 44 heavy (non-hydrogen) atoms. The molecule has 5 rings (SSSR count). The van der Waals surface area contributed by atoms with Gasteiger partial charge >= 0.3 is 0 Å². The molecule has 0 radical (unpaired) electrons. The highest BCUT2D eigenvalue weighted by Gasteiger charge is 2.33. The fourth-order valence-electron chi connectivity index (χ4n) is 5.62. The van der Waals surface area contributed by atoms with Crippen molar-refractivity contribution in [2.45, 2.75) is 44.9 Å². The fourth-order valence-corrected chi connectivity index (χ4v) is 5.62. The number of methoxy groups -OCH3 is 2. The van der Waals surface area contributed by atoms with Crippen molar-refractivity contribution in [3.8, 4) is 29.2 Å². The van der Waals surface area contributed by atoms with Crippen molar-refractivity contribution in [1.82, 2.24) is 15.2 Å². The number of piperidine rings is 1. The third-order valence-corrected chi connectivity index (χ3v) is 7.96. The van der Waals surface area contributed by atoms with Gasteiger partial charge in [0.25, 0.3) is 0 Å². The average Bonchev–Trinajstić information content (AvgIpc) is 3.05. The Morgan fingerprint density at radius 3 is 2.73 bits per heavy atom.